The van der Waals surface area contributed by atoms with Gasteiger partial charge in [0.1, 0.15) is 9.79 Å². The molecule has 10 nitrogen and oxygen atoms in total. The lowest BCUT2D eigenvalue weighted by Gasteiger charge is -2.23. The van der Waals surface area contributed by atoms with Crippen LogP contribution in [0.3, 0.4) is 0 Å². The zero-order chi connectivity index (χ0) is 24.3. The third kappa shape index (κ3) is 4.89. The first-order chi connectivity index (χ1) is 16.3. The minimum absolute atomic E-state index is 0.0402. The number of hydrogen-bond donors (Lipinski definition) is 0. The van der Waals surface area contributed by atoms with Gasteiger partial charge in [-0.05, 0) is 63.9 Å². The topological polar surface area (TPSA) is 110 Å². The quantitative estimate of drug-likeness (QED) is 0.415. The van der Waals surface area contributed by atoms with Gasteiger partial charge in [-0.15, -0.1) is 0 Å². The van der Waals surface area contributed by atoms with E-state index in [1.165, 1.54) is 47.0 Å². The normalized spacial score (nSPS) is 15.1. The molecule has 0 bridgehead atoms. The summed E-state index contributed by atoms with van der Waals surface area (Å²) >= 11 is 0. The second kappa shape index (κ2) is 9.88. The van der Waals surface area contributed by atoms with Crippen LogP contribution in [0.15, 0.2) is 58.8 Å². The van der Waals surface area contributed by atoms with Crippen LogP contribution in [0, 0.1) is 0 Å². The molecule has 0 unspecified atom stereocenters. The van der Waals surface area contributed by atoms with Crippen LogP contribution in [0.25, 0.3) is 0 Å². The van der Waals surface area contributed by atoms with E-state index >= 15 is 0 Å². The van der Waals surface area contributed by atoms with Crippen molar-refractivity contribution < 1.29 is 16.8 Å². The van der Waals surface area contributed by atoms with Crippen molar-refractivity contribution in [3.05, 3.63) is 54.6 Å². The SMILES string of the molecule is CCn1cc(S(=O)(=O)N(c2ccc(CCN3CCCC3)cc2)S(=O)(=O)c2cnn(CC)c2)cn1. The summed E-state index contributed by atoms with van der Waals surface area (Å²) in [5.41, 5.74) is 1.06. The number of aromatic nitrogens is 4. The summed E-state index contributed by atoms with van der Waals surface area (Å²) in [7, 11) is -8.94. The second-order valence-corrected chi connectivity index (χ2v) is 12.0. The molecule has 1 saturated heterocycles. The molecule has 2 aromatic heterocycles. The highest BCUT2D eigenvalue weighted by atomic mass is 32.3. The van der Waals surface area contributed by atoms with E-state index in [1.54, 1.807) is 24.3 Å². The van der Waals surface area contributed by atoms with E-state index in [1.807, 2.05) is 13.8 Å². The third-order valence-corrected chi connectivity index (χ3v) is 10.0. The van der Waals surface area contributed by atoms with Gasteiger partial charge in [-0.3, -0.25) is 9.36 Å². The number of hydrogen-bond acceptors (Lipinski definition) is 7. The number of likely N-dealkylation sites (tertiary alicyclic amines) is 1. The Morgan fingerprint density at radius 1 is 0.824 bits per heavy atom. The maximum Gasteiger partial charge on any atom is 0.280 e. The summed E-state index contributed by atoms with van der Waals surface area (Å²) < 4.78 is 57.8. The Labute approximate surface area is 200 Å². The van der Waals surface area contributed by atoms with E-state index in [-0.39, 0.29) is 15.5 Å². The van der Waals surface area contributed by atoms with Crippen molar-refractivity contribution in [3.63, 3.8) is 0 Å². The molecule has 0 atom stereocenters. The van der Waals surface area contributed by atoms with E-state index in [0.717, 1.165) is 31.6 Å². The van der Waals surface area contributed by atoms with Gasteiger partial charge >= 0.3 is 0 Å². The molecular weight excluding hydrogens is 476 g/mol. The lowest BCUT2D eigenvalue weighted by Crippen LogP contribution is -2.36. The van der Waals surface area contributed by atoms with Crippen LogP contribution in [0.5, 0.6) is 0 Å². The molecule has 1 fully saturated rings. The number of sulfonamides is 2. The van der Waals surface area contributed by atoms with Gasteiger partial charge in [0.15, 0.2) is 0 Å². The van der Waals surface area contributed by atoms with Gasteiger partial charge < -0.3 is 4.90 Å². The highest BCUT2D eigenvalue weighted by Gasteiger charge is 2.38. The molecule has 3 heterocycles. The van der Waals surface area contributed by atoms with E-state index in [4.69, 9.17) is 0 Å². The Bertz CT molecular complexity index is 1250. The smallest absolute Gasteiger partial charge is 0.280 e. The molecule has 34 heavy (non-hydrogen) atoms. The van der Waals surface area contributed by atoms with Crippen LogP contribution in [-0.2, 0) is 39.6 Å². The lowest BCUT2D eigenvalue weighted by atomic mass is 10.1. The fourth-order valence-electron chi connectivity index (χ4n) is 3.98. The highest BCUT2D eigenvalue weighted by molar-refractivity contribution is 8.10. The van der Waals surface area contributed by atoms with Crippen molar-refractivity contribution in [1.29, 1.82) is 0 Å². The Balaban J connectivity index is 1.71. The first-order valence-corrected chi connectivity index (χ1v) is 14.3. The molecule has 1 aliphatic rings. The summed E-state index contributed by atoms with van der Waals surface area (Å²) in [4.78, 5) is 2.00. The summed E-state index contributed by atoms with van der Waals surface area (Å²) in [6, 6.07) is 6.66. The molecule has 4 rings (SSSR count). The van der Waals surface area contributed by atoms with Crippen molar-refractivity contribution >= 4 is 25.7 Å². The standard InChI is InChI=1S/C22H30N6O4S2/c1-3-26-17-21(15-23-26)33(29,30)28(34(31,32)22-16-24-27(4-2)18-22)20-9-7-19(8-10-20)11-14-25-12-5-6-13-25/h7-10,15-18H,3-6,11-14H2,1-2H3. The zero-order valence-corrected chi connectivity index (χ0v) is 21.0. The Kier molecular flexibility index (Phi) is 7.10. The summed E-state index contributed by atoms with van der Waals surface area (Å²) in [6.45, 7) is 7.66. The van der Waals surface area contributed by atoms with Gasteiger partial charge in [-0.2, -0.15) is 30.7 Å². The average Bonchev–Trinajstić information content (AvgIpc) is 3.60. The maximum absolute atomic E-state index is 13.6. The Morgan fingerprint density at radius 2 is 1.32 bits per heavy atom. The van der Waals surface area contributed by atoms with Crippen LogP contribution in [0.4, 0.5) is 5.69 Å². The molecule has 0 spiro atoms. The molecule has 3 aromatic rings. The Hall–Kier alpha value is -2.70. The molecule has 0 N–H and O–H groups in total. The first kappa shape index (κ1) is 24.4. The van der Waals surface area contributed by atoms with Gasteiger partial charge in [-0.25, -0.2) is 0 Å². The summed E-state index contributed by atoms with van der Waals surface area (Å²) in [5, 5.41) is 8.04. The zero-order valence-electron chi connectivity index (χ0n) is 19.4. The van der Waals surface area contributed by atoms with E-state index in [0.29, 0.717) is 16.8 Å². The molecule has 0 saturated carbocycles. The molecule has 0 radical (unpaired) electrons. The van der Waals surface area contributed by atoms with Crippen LogP contribution in [0.1, 0.15) is 32.3 Å². The molecule has 0 amide bonds. The molecule has 12 heteroatoms. The minimum Gasteiger partial charge on any atom is -0.303 e. The van der Waals surface area contributed by atoms with E-state index < -0.39 is 20.0 Å². The van der Waals surface area contributed by atoms with Gasteiger partial charge in [0.2, 0.25) is 0 Å². The fraction of sp³-hybridized carbons (Fsp3) is 0.455. The highest BCUT2D eigenvalue weighted by Crippen LogP contribution is 2.31. The predicted octanol–water partition coefficient (Wildman–Crippen LogP) is 2.34. The Morgan fingerprint density at radius 3 is 1.76 bits per heavy atom. The van der Waals surface area contributed by atoms with Gasteiger partial charge in [0.25, 0.3) is 20.0 Å². The number of benzene rings is 1. The maximum atomic E-state index is 13.6. The number of anilines is 1. The van der Waals surface area contributed by atoms with Crippen molar-refractivity contribution in [1.82, 2.24) is 24.5 Å². The van der Waals surface area contributed by atoms with Crippen molar-refractivity contribution in [2.24, 2.45) is 0 Å². The number of aryl methyl sites for hydroxylation is 2. The second-order valence-electron chi connectivity index (χ2n) is 8.24. The van der Waals surface area contributed by atoms with Crippen LogP contribution in [0.2, 0.25) is 0 Å². The molecule has 0 aliphatic carbocycles. The number of rotatable bonds is 10. The molecule has 184 valence electrons. The molecular formula is C22H30N6O4S2. The minimum atomic E-state index is -4.47. The van der Waals surface area contributed by atoms with E-state index in [9.17, 15) is 16.8 Å². The van der Waals surface area contributed by atoms with Gasteiger partial charge in [0, 0.05) is 32.0 Å². The predicted molar refractivity (Wildman–Crippen MR) is 128 cm³/mol. The summed E-state index contributed by atoms with van der Waals surface area (Å²) in [5.74, 6) is 0. The first-order valence-electron chi connectivity index (χ1n) is 11.4. The van der Waals surface area contributed by atoms with Crippen LogP contribution < -0.4 is 3.71 Å². The van der Waals surface area contributed by atoms with Crippen molar-refractivity contribution in [3.8, 4) is 0 Å². The van der Waals surface area contributed by atoms with Crippen molar-refractivity contribution in [2.45, 2.75) is 56.0 Å². The van der Waals surface area contributed by atoms with Gasteiger partial charge in [0.05, 0.1) is 18.1 Å². The largest absolute Gasteiger partial charge is 0.303 e. The molecule has 1 aromatic carbocycles. The van der Waals surface area contributed by atoms with Crippen molar-refractivity contribution in [2.75, 3.05) is 23.3 Å². The average molecular weight is 507 g/mol. The monoisotopic (exact) mass is 506 g/mol. The van der Waals surface area contributed by atoms with Crippen LogP contribution in [-0.4, -0.2) is 60.9 Å². The molecule has 1 aliphatic heterocycles. The lowest BCUT2D eigenvalue weighted by molar-refractivity contribution is 0.343. The summed E-state index contributed by atoms with van der Waals surface area (Å²) in [6.07, 6.45) is 8.24. The van der Waals surface area contributed by atoms with Gasteiger partial charge in [-0.1, -0.05) is 12.1 Å². The van der Waals surface area contributed by atoms with Crippen LogP contribution >= 0.6 is 0 Å². The van der Waals surface area contributed by atoms with E-state index in [2.05, 4.69) is 15.1 Å². The fourth-order valence-corrected chi connectivity index (χ4v) is 7.58. The number of nitrogens with zero attached hydrogens (tertiary/aromatic N) is 6. The third-order valence-electron chi connectivity index (χ3n) is 5.96.